The molecule has 0 spiro atoms. The predicted molar refractivity (Wildman–Crippen MR) is 81.8 cm³/mol. The van der Waals surface area contributed by atoms with Crippen LogP contribution in [0.5, 0.6) is 0 Å². The van der Waals surface area contributed by atoms with Gasteiger partial charge in [0.2, 0.25) is 10.0 Å². The first kappa shape index (κ1) is 18.1. The Hall–Kier alpha value is -2.26. The molecule has 2 rings (SSSR count). The number of carbonyl (C=O) groups is 1. The van der Waals surface area contributed by atoms with E-state index < -0.39 is 38.5 Å². The van der Waals surface area contributed by atoms with Crippen molar-refractivity contribution in [3.63, 3.8) is 0 Å². The first-order valence-electron chi connectivity index (χ1n) is 6.91. The lowest BCUT2D eigenvalue weighted by Gasteiger charge is -2.15. The molecule has 1 unspecified atom stereocenters. The van der Waals surface area contributed by atoms with E-state index in [-0.39, 0.29) is 17.1 Å². The van der Waals surface area contributed by atoms with Gasteiger partial charge in [-0.3, -0.25) is 4.79 Å². The van der Waals surface area contributed by atoms with Crippen molar-refractivity contribution in [3.05, 3.63) is 52.5 Å². The maximum atomic E-state index is 13.3. The topological polar surface area (TPSA) is 102 Å². The van der Waals surface area contributed by atoms with Crippen LogP contribution in [0, 0.1) is 25.5 Å². The molecule has 0 saturated heterocycles. The molecule has 1 heterocycles. The van der Waals surface area contributed by atoms with Crippen LogP contribution in [0.15, 0.2) is 27.5 Å². The fraction of sp³-hybridized carbons (Fsp3) is 0.267. The van der Waals surface area contributed by atoms with Crippen LogP contribution in [-0.2, 0) is 10.0 Å². The number of primary sulfonamides is 1. The lowest BCUT2D eigenvalue weighted by molar-refractivity contribution is 0.0935. The van der Waals surface area contributed by atoms with Crippen molar-refractivity contribution >= 4 is 15.9 Å². The summed E-state index contributed by atoms with van der Waals surface area (Å²) in [4.78, 5) is 12.0. The molecule has 24 heavy (non-hydrogen) atoms. The van der Waals surface area contributed by atoms with Crippen molar-refractivity contribution in [3.8, 4) is 0 Å². The summed E-state index contributed by atoms with van der Waals surface area (Å²) in [5.74, 6) is -2.71. The molecule has 0 aliphatic carbocycles. The van der Waals surface area contributed by atoms with Crippen molar-refractivity contribution in [2.75, 3.05) is 0 Å². The van der Waals surface area contributed by atoms with Crippen LogP contribution in [0.3, 0.4) is 0 Å². The summed E-state index contributed by atoms with van der Waals surface area (Å²) in [5.41, 5.74) is 0.113. The molecule has 1 atom stereocenters. The van der Waals surface area contributed by atoms with Crippen LogP contribution in [0.25, 0.3) is 0 Å². The summed E-state index contributed by atoms with van der Waals surface area (Å²) in [6, 6.07) is 2.51. The smallest absolute Gasteiger partial charge is 0.256 e. The van der Waals surface area contributed by atoms with Crippen molar-refractivity contribution in [2.24, 2.45) is 5.14 Å². The molecule has 1 aromatic heterocycles. The van der Waals surface area contributed by atoms with Gasteiger partial charge in [-0.25, -0.2) is 22.3 Å². The van der Waals surface area contributed by atoms with E-state index in [1.807, 2.05) is 0 Å². The lowest BCUT2D eigenvalue weighted by Crippen LogP contribution is -2.29. The molecule has 1 amide bonds. The summed E-state index contributed by atoms with van der Waals surface area (Å²) in [6.45, 7) is 4.35. The van der Waals surface area contributed by atoms with Crippen molar-refractivity contribution < 1.29 is 26.4 Å². The van der Waals surface area contributed by atoms with E-state index in [1.54, 1.807) is 6.92 Å². The maximum Gasteiger partial charge on any atom is 0.256 e. The largest absolute Gasteiger partial charge is 0.464 e. The number of benzene rings is 1. The van der Waals surface area contributed by atoms with Gasteiger partial charge in [0.05, 0.1) is 6.04 Å². The van der Waals surface area contributed by atoms with E-state index in [0.717, 1.165) is 12.1 Å². The van der Waals surface area contributed by atoms with Crippen LogP contribution in [0.2, 0.25) is 0 Å². The minimum absolute atomic E-state index is 0.000583. The molecule has 0 saturated carbocycles. The van der Waals surface area contributed by atoms with Crippen LogP contribution < -0.4 is 10.5 Å². The molecular weight excluding hydrogens is 342 g/mol. The Labute approximate surface area is 137 Å². The van der Waals surface area contributed by atoms with Crippen LogP contribution in [-0.4, -0.2) is 14.3 Å². The minimum Gasteiger partial charge on any atom is -0.464 e. The fourth-order valence-corrected chi connectivity index (χ4v) is 3.37. The normalized spacial score (nSPS) is 12.9. The monoisotopic (exact) mass is 358 g/mol. The second kappa shape index (κ2) is 6.33. The number of sulfonamides is 1. The zero-order chi connectivity index (χ0) is 18.2. The fourth-order valence-electron chi connectivity index (χ4n) is 2.40. The number of hydrogen-bond acceptors (Lipinski definition) is 4. The first-order chi connectivity index (χ1) is 11.0. The molecule has 0 aliphatic rings. The van der Waals surface area contributed by atoms with E-state index in [9.17, 15) is 22.0 Å². The van der Waals surface area contributed by atoms with Crippen molar-refractivity contribution in [1.29, 1.82) is 0 Å². The van der Waals surface area contributed by atoms with Crippen LogP contribution in [0.1, 0.15) is 40.4 Å². The third kappa shape index (κ3) is 3.46. The molecule has 0 bridgehead atoms. The number of hydrogen-bond donors (Lipinski definition) is 2. The zero-order valence-corrected chi connectivity index (χ0v) is 14.0. The van der Waals surface area contributed by atoms with Gasteiger partial charge in [0.15, 0.2) is 11.6 Å². The summed E-state index contributed by atoms with van der Waals surface area (Å²) in [5, 5.41) is 7.65. The molecule has 0 aliphatic heterocycles. The maximum absolute atomic E-state index is 13.3. The van der Waals surface area contributed by atoms with Gasteiger partial charge in [0.1, 0.15) is 22.0 Å². The number of nitrogens with one attached hydrogen (secondary N) is 1. The second-order valence-corrected chi connectivity index (χ2v) is 6.83. The lowest BCUT2D eigenvalue weighted by atomic mass is 10.1. The third-order valence-electron chi connectivity index (χ3n) is 3.51. The van der Waals surface area contributed by atoms with Gasteiger partial charge in [-0.2, -0.15) is 0 Å². The van der Waals surface area contributed by atoms with Gasteiger partial charge in [-0.05, 0) is 38.5 Å². The molecule has 9 heteroatoms. The highest BCUT2D eigenvalue weighted by molar-refractivity contribution is 7.89. The Morgan fingerprint density at radius 3 is 2.38 bits per heavy atom. The third-order valence-corrected chi connectivity index (χ3v) is 4.57. The number of furan rings is 1. The molecule has 1 aromatic carbocycles. The molecular formula is C15H16F2N2O4S. The van der Waals surface area contributed by atoms with Gasteiger partial charge < -0.3 is 9.73 Å². The predicted octanol–water partition coefficient (Wildman–Crippen LogP) is 2.31. The van der Waals surface area contributed by atoms with Gasteiger partial charge in [-0.1, -0.05) is 6.07 Å². The number of amides is 1. The summed E-state index contributed by atoms with van der Waals surface area (Å²) in [6.07, 6.45) is 0. The number of rotatable bonds is 4. The Kier molecular flexibility index (Phi) is 4.77. The Morgan fingerprint density at radius 2 is 1.83 bits per heavy atom. The van der Waals surface area contributed by atoms with E-state index >= 15 is 0 Å². The molecule has 2 aromatic rings. The van der Waals surface area contributed by atoms with Gasteiger partial charge in [0, 0.05) is 0 Å². The van der Waals surface area contributed by atoms with E-state index in [4.69, 9.17) is 9.56 Å². The number of aryl methyl sites for hydroxylation is 2. The SMILES string of the molecule is Cc1oc(C)c(S(N)(=O)=O)c1C(=O)NC(C)c1ccc(F)c(F)c1. The zero-order valence-electron chi connectivity index (χ0n) is 13.2. The van der Waals surface area contributed by atoms with Gasteiger partial charge in [0.25, 0.3) is 5.91 Å². The molecule has 6 nitrogen and oxygen atoms in total. The number of carbonyl (C=O) groups excluding carboxylic acids is 1. The Balaban J connectivity index is 2.35. The quantitative estimate of drug-likeness (QED) is 0.875. The highest BCUT2D eigenvalue weighted by Crippen LogP contribution is 2.26. The van der Waals surface area contributed by atoms with Crippen molar-refractivity contribution in [2.45, 2.75) is 31.7 Å². The second-order valence-electron chi connectivity index (χ2n) is 5.33. The summed E-state index contributed by atoms with van der Waals surface area (Å²) >= 11 is 0. The van der Waals surface area contributed by atoms with Crippen LogP contribution >= 0.6 is 0 Å². The molecule has 0 fully saturated rings. The number of nitrogens with two attached hydrogens (primary N) is 1. The Morgan fingerprint density at radius 1 is 1.21 bits per heavy atom. The van der Waals surface area contributed by atoms with E-state index in [1.165, 1.54) is 19.9 Å². The number of halogens is 2. The van der Waals surface area contributed by atoms with Crippen LogP contribution in [0.4, 0.5) is 8.78 Å². The van der Waals surface area contributed by atoms with E-state index in [0.29, 0.717) is 5.56 Å². The minimum atomic E-state index is -4.17. The standard InChI is InChI=1S/C15H16F2N2O4S/c1-7(10-4-5-11(16)12(17)6-10)19-15(20)13-8(2)23-9(3)14(13)24(18,21)22/h4-7H,1-3H3,(H,19,20)(H2,18,21,22). The molecule has 3 N–H and O–H groups in total. The molecule has 130 valence electrons. The highest BCUT2D eigenvalue weighted by Gasteiger charge is 2.29. The average Bonchev–Trinajstić information content (AvgIpc) is 2.76. The first-order valence-corrected chi connectivity index (χ1v) is 8.45. The van der Waals surface area contributed by atoms with E-state index in [2.05, 4.69) is 5.32 Å². The summed E-state index contributed by atoms with van der Waals surface area (Å²) in [7, 11) is -4.17. The van der Waals surface area contributed by atoms with Gasteiger partial charge in [-0.15, -0.1) is 0 Å². The van der Waals surface area contributed by atoms with Gasteiger partial charge >= 0.3 is 0 Å². The highest BCUT2D eigenvalue weighted by atomic mass is 32.2. The molecule has 0 radical (unpaired) electrons. The summed E-state index contributed by atoms with van der Waals surface area (Å²) < 4.78 is 54.8. The Bertz CT molecular complexity index is 906. The average molecular weight is 358 g/mol. The van der Waals surface area contributed by atoms with Crippen molar-refractivity contribution in [1.82, 2.24) is 5.32 Å².